The van der Waals surface area contributed by atoms with Crippen molar-refractivity contribution in [2.24, 2.45) is 5.84 Å². The number of rotatable bonds is 3. The maximum absolute atomic E-state index is 5.57. The lowest BCUT2D eigenvalue weighted by Crippen LogP contribution is -2.15. The number of hydrogen-bond acceptors (Lipinski definition) is 5. The van der Waals surface area contributed by atoms with E-state index in [2.05, 4.69) is 10.4 Å². The Morgan fingerprint density at radius 3 is 2.58 bits per heavy atom. The summed E-state index contributed by atoms with van der Waals surface area (Å²) in [6.07, 6.45) is 8.99. The Morgan fingerprint density at radius 1 is 1.11 bits per heavy atom. The van der Waals surface area contributed by atoms with Gasteiger partial charge in [-0.25, -0.2) is 15.8 Å². The van der Waals surface area contributed by atoms with Crippen molar-refractivity contribution in [2.75, 3.05) is 11.2 Å². The molecule has 1 aliphatic heterocycles. The second-order valence-corrected chi connectivity index (χ2v) is 6.83. The van der Waals surface area contributed by atoms with Gasteiger partial charge in [-0.1, -0.05) is 19.3 Å². The summed E-state index contributed by atoms with van der Waals surface area (Å²) in [5, 5.41) is 0.460. The molecule has 2 heterocycles. The van der Waals surface area contributed by atoms with E-state index < -0.39 is 0 Å². The van der Waals surface area contributed by atoms with E-state index in [4.69, 9.17) is 10.8 Å². The van der Waals surface area contributed by atoms with Gasteiger partial charge in [0.1, 0.15) is 11.6 Å². The molecule has 1 aromatic heterocycles. The Bertz CT molecular complexity index is 425. The second-order valence-electron chi connectivity index (χ2n) is 5.52. The summed E-state index contributed by atoms with van der Waals surface area (Å²) >= 11 is 1.99. The molecular formula is C14H22N4S. The van der Waals surface area contributed by atoms with Gasteiger partial charge in [0.25, 0.3) is 0 Å². The lowest BCUT2D eigenvalue weighted by atomic mass is 10.0. The van der Waals surface area contributed by atoms with Gasteiger partial charge in [-0.2, -0.15) is 11.8 Å². The zero-order valence-corrected chi connectivity index (χ0v) is 12.1. The largest absolute Gasteiger partial charge is 0.308 e. The van der Waals surface area contributed by atoms with Gasteiger partial charge in [0.15, 0.2) is 0 Å². The molecule has 0 amide bonds. The highest BCUT2D eigenvalue weighted by Gasteiger charge is 2.23. The number of hydrogen-bond donors (Lipinski definition) is 2. The van der Waals surface area contributed by atoms with Crippen molar-refractivity contribution in [3.63, 3.8) is 0 Å². The predicted octanol–water partition coefficient (Wildman–Crippen LogP) is 3.38. The number of nitrogen functional groups attached to an aromatic ring is 1. The van der Waals surface area contributed by atoms with Crippen molar-refractivity contribution in [3.8, 4) is 0 Å². The van der Waals surface area contributed by atoms with Crippen LogP contribution in [0.15, 0.2) is 6.07 Å². The summed E-state index contributed by atoms with van der Waals surface area (Å²) in [4.78, 5) is 9.44. The summed E-state index contributed by atoms with van der Waals surface area (Å²) < 4.78 is 0. The quantitative estimate of drug-likeness (QED) is 0.655. The minimum Gasteiger partial charge on any atom is -0.308 e. The van der Waals surface area contributed by atoms with Crippen molar-refractivity contribution in [2.45, 2.75) is 56.1 Å². The van der Waals surface area contributed by atoms with Crippen LogP contribution in [0.3, 0.4) is 0 Å². The van der Waals surface area contributed by atoms with Crippen LogP contribution in [-0.4, -0.2) is 15.7 Å². The minimum atomic E-state index is 0.460. The molecule has 1 aromatic rings. The van der Waals surface area contributed by atoms with Crippen LogP contribution in [0, 0.1) is 0 Å². The molecule has 1 saturated heterocycles. The molecule has 4 nitrogen and oxygen atoms in total. The highest BCUT2D eigenvalue weighted by molar-refractivity contribution is 7.99. The molecule has 3 N–H and O–H groups in total. The van der Waals surface area contributed by atoms with Gasteiger partial charge >= 0.3 is 0 Å². The van der Waals surface area contributed by atoms with Crippen LogP contribution < -0.4 is 11.3 Å². The smallest absolute Gasteiger partial charge is 0.144 e. The topological polar surface area (TPSA) is 63.8 Å². The molecule has 0 aromatic carbocycles. The number of thioether (sulfide) groups is 1. The van der Waals surface area contributed by atoms with E-state index >= 15 is 0 Å². The molecule has 2 aliphatic rings. The highest BCUT2D eigenvalue weighted by atomic mass is 32.2. The molecule has 0 radical (unpaired) electrons. The highest BCUT2D eigenvalue weighted by Crippen LogP contribution is 2.39. The van der Waals surface area contributed by atoms with Crippen molar-refractivity contribution >= 4 is 17.6 Å². The number of nitrogens with one attached hydrogen (secondary N) is 1. The van der Waals surface area contributed by atoms with E-state index in [1.54, 1.807) is 0 Å². The first kappa shape index (κ1) is 13.2. The molecular weight excluding hydrogens is 256 g/mol. The Labute approximate surface area is 118 Å². The number of anilines is 1. The maximum atomic E-state index is 5.57. The number of nitrogens with two attached hydrogens (primary N) is 1. The Kier molecular flexibility index (Phi) is 4.23. The van der Waals surface area contributed by atoms with Crippen molar-refractivity contribution in [1.29, 1.82) is 0 Å². The monoisotopic (exact) mass is 278 g/mol. The fourth-order valence-electron chi connectivity index (χ4n) is 3.08. The number of aromatic nitrogens is 2. The summed E-state index contributed by atoms with van der Waals surface area (Å²) in [5.41, 5.74) is 3.91. The summed E-state index contributed by atoms with van der Waals surface area (Å²) in [5.74, 6) is 9.18. The summed E-state index contributed by atoms with van der Waals surface area (Å²) in [7, 11) is 0. The number of hydrazine groups is 1. The maximum Gasteiger partial charge on any atom is 0.144 e. The van der Waals surface area contributed by atoms with Crippen LogP contribution in [0.4, 0.5) is 5.82 Å². The van der Waals surface area contributed by atoms with E-state index in [9.17, 15) is 0 Å². The van der Waals surface area contributed by atoms with Gasteiger partial charge in [0, 0.05) is 17.7 Å². The minimum absolute atomic E-state index is 0.460. The van der Waals surface area contributed by atoms with E-state index in [-0.39, 0.29) is 0 Å². The molecule has 1 atom stereocenters. The van der Waals surface area contributed by atoms with Crippen LogP contribution in [0.5, 0.6) is 0 Å². The van der Waals surface area contributed by atoms with E-state index in [0.717, 1.165) is 11.6 Å². The van der Waals surface area contributed by atoms with Crippen LogP contribution in [-0.2, 0) is 0 Å². The first-order valence-corrected chi connectivity index (χ1v) is 8.39. The molecule has 0 bridgehead atoms. The molecule has 1 aliphatic carbocycles. The van der Waals surface area contributed by atoms with Gasteiger partial charge < -0.3 is 5.43 Å². The fraction of sp³-hybridized carbons (Fsp3) is 0.714. The van der Waals surface area contributed by atoms with E-state index in [0.29, 0.717) is 11.2 Å². The first-order chi connectivity index (χ1) is 9.36. The lowest BCUT2D eigenvalue weighted by molar-refractivity contribution is 0.641. The Balaban J connectivity index is 1.87. The van der Waals surface area contributed by atoms with Crippen LogP contribution >= 0.6 is 11.8 Å². The third-order valence-corrected chi connectivity index (χ3v) is 5.53. The third kappa shape index (κ3) is 3.03. The Morgan fingerprint density at radius 2 is 1.89 bits per heavy atom. The zero-order chi connectivity index (χ0) is 13.1. The van der Waals surface area contributed by atoms with Crippen molar-refractivity contribution in [3.05, 3.63) is 17.6 Å². The normalized spacial score (nSPS) is 24.6. The molecule has 2 fully saturated rings. The molecule has 5 heteroatoms. The lowest BCUT2D eigenvalue weighted by Gasteiger charge is -2.21. The zero-order valence-electron chi connectivity index (χ0n) is 11.3. The van der Waals surface area contributed by atoms with Gasteiger partial charge in [0.2, 0.25) is 0 Å². The molecule has 0 spiro atoms. The Hall–Kier alpha value is -0.810. The second kappa shape index (κ2) is 6.09. The first-order valence-electron chi connectivity index (χ1n) is 7.34. The molecule has 19 heavy (non-hydrogen) atoms. The third-order valence-electron chi connectivity index (χ3n) is 4.15. The fourth-order valence-corrected chi connectivity index (χ4v) is 4.32. The van der Waals surface area contributed by atoms with Crippen LogP contribution in [0.2, 0.25) is 0 Å². The van der Waals surface area contributed by atoms with Gasteiger partial charge in [-0.05, 0) is 31.4 Å². The number of nitrogens with zero attached hydrogens (tertiary/aromatic N) is 2. The van der Waals surface area contributed by atoms with Gasteiger partial charge in [-0.15, -0.1) is 0 Å². The van der Waals surface area contributed by atoms with Gasteiger partial charge in [0.05, 0.1) is 5.25 Å². The molecule has 104 valence electrons. The average molecular weight is 278 g/mol. The van der Waals surface area contributed by atoms with E-state index in [1.807, 2.05) is 17.8 Å². The molecule has 1 unspecified atom stereocenters. The van der Waals surface area contributed by atoms with Gasteiger partial charge in [-0.3, -0.25) is 0 Å². The van der Waals surface area contributed by atoms with Crippen molar-refractivity contribution in [1.82, 2.24) is 9.97 Å². The molecule has 3 rings (SSSR count). The van der Waals surface area contributed by atoms with Crippen LogP contribution in [0.1, 0.15) is 67.6 Å². The van der Waals surface area contributed by atoms with Crippen LogP contribution in [0.25, 0.3) is 0 Å². The predicted molar refractivity (Wildman–Crippen MR) is 80.1 cm³/mol. The summed E-state index contributed by atoms with van der Waals surface area (Å²) in [6, 6.07) is 2.03. The molecule has 1 saturated carbocycles. The summed E-state index contributed by atoms with van der Waals surface area (Å²) in [6.45, 7) is 0. The van der Waals surface area contributed by atoms with E-state index in [1.165, 1.54) is 56.4 Å². The SMILES string of the molecule is NNc1cc(C2CCCC2)nc(C2CCCCS2)n1. The standard InChI is InChI=1S/C14H22N4S/c15-18-13-9-11(10-5-1-2-6-10)16-14(17-13)12-7-3-4-8-19-12/h9-10,12H,1-8,15H2,(H,16,17,18). The van der Waals surface area contributed by atoms with Crippen molar-refractivity contribution < 1.29 is 0 Å². The average Bonchev–Trinajstić information content (AvgIpc) is 3.02.